The van der Waals surface area contributed by atoms with Gasteiger partial charge in [0, 0.05) is 17.9 Å². The second kappa shape index (κ2) is 5.69. The van der Waals surface area contributed by atoms with Crippen molar-refractivity contribution in [3.63, 3.8) is 0 Å². The van der Waals surface area contributed by atoms with Crippen molar-refractivity contribution in [1.29, 1.82) is 0 Å². The Morgan fingerprint density at radius 1 is 1.35 bits per heavy atom. The number of hydrogen-bond acceptors (Lipinski definition) is 2. The number of hydrogen-bond donors (Lipinski definition) is 0. The Balaban J connectivity index is 1.90. The average molecular weight is 297 g/mol. The molecule has 0 amide bonds. The second-order valence-electron chi connectivity index (χ2n) is 6.19. The summed E-state index contributed by atoms with van der Waals surface area (Å²) in [5, 5.41) is 4.89. The summed E-state index contributed by atoms with van der Waals surface area (Å²) in [4.78, 5) is 0. The summed E-state index contributed by atoms with van der Waals surface area (Å²) in [6, 6.07) is 0.501. The van der Waals surface area contributed by atoms with Crippen molar-refractivity contribution in [2.24, 2.45) is 0 Å². The van der Waals surface area contributed by atoms with Gasteiger partial charge in [-0.3, -0.25) is 4.68 Å². The molecule has 0 bridgehead atoms. The number of ether oxygens (including phenoxy) is 1. The van der Waals surface area contributed by atoms with E-state index in [1.54, 1.807) is 0 Å². The van der Waals surface area contributed by atoms with Gasteiger partial charge >= 0.3 is 0 Å². The van der Waals surface area contributed by atoms with Gasteiger partial charge in [-0.2, -0.15) is 5.10 Å². The monoisotopic (exact) mass is 296 g/mol. The fraction of sp³-hybridized carbons (Fsp3) is 0.812. The highest BCUT2D eigenvalue weighted by atomic mass is 35.5. The van der Waals surface area contributed by atoms with Crippen LogP contribution in [-0.4, -0.2) is 22.0 Å². The molecule has 3 nitrogen and oxygen atoms in total. The zero-order valence-corrected chi connectivity index (χ0v) is 13.4. The zero-order valence-electron chi connectivity index (χ0n) is 12.6. The van der Waals surface area contributed by atoms with Crippen molar-refractivity contribution >= 4 is 11.6 Å². The minimum atomic E-state index is 0.174. The topological polar surface area (TPSA) is 27.1 Å². The number of rotatable bonds is 4. The lowest BCUT2D eigenvalue weighted by atomic mass is 9.74. The van der Waals surface area contributed by atoms with Gasteiger partial charge in [0.1, 0.15) is 0 Å². The largest absolute Gasteiger partial charge is 0.375 e. The Morgan fingerprint density at radius 3 is 2.70 bits per heavy atom. The van der Waals surface area contributed by atoms with E-state index in [4.69, 9.17) is 21.4 Å². The van der Waals surface area contributed by atoms with Crippen LogP contribution in [0.4, 0.5) is 0 Å². The van der Waals surface area contributed by atoms with Crippen LogP contribution in [0.3, 0.4) is 0 Å². The smallest absolute Gasteiger partial charge is 0.0703 e. The zero-order chi connectivity index (χ0) is 14.2. The predicted molar refractivity (Wildman–Crippen MR) is 81.3 cm³/mol. The maximum Gasteiger partial charge on any atom is 0.0703 e. The van der Waals surface area contributed by atoms with Gasteiger partial charge in [-0.1, -0.05) is 13.8 Å². The highest BCUT2D eigenvalue weighted by Crippen LogP contribution is 2.46. The first-order valence-corrected chi connectivity index (χ1v) is 8.55. The normalized spacial score (nSPS) is 24.9. The lowest BCUT2D eigenvalue weighted by molar-refractivity contribution is -0.141. The first-order chi connectivity index (χ1) is 9.73. The second-order valence-corrected chi connectivity index (χ2v) is 6.46. The maximum atomic E-state index is 6.16. The summed E-state index contributed by atoms with van der Waals surface area (Å²) in [5.74, 6) is 0.584. The summed E-state index contributed by atoms with van der Waals surface area (Å²) >= 11 is 6.16. The molecule has 1 aromatic rings. The molecule has 0 radical (unpaired) electrons. The van der Waals surface area contributed by atoms with Crippen molar-refractivity contribution in [2.75, 3.05) is 6.61 Å². The van der Waals surface area contributed by atoms with Crippen LogP contribution in [0.25, 0.3) is 0 Å². The molecule has 1 saturated heterocycles. The molecule has 1 spiro atoms. The fourth-order valence-electron chi connectivity index (χ4n) is 3.80. The third-order valence-electron chi connectivity index (χ3n) is 5.08. The number of nitrogens with zero attached hydrogens (tertiary/aromatic N) is 2. The molecule has 2 aliphatic rings. The molecule has 2 fully saturated rings. The minimum absolute atomic E-state index is 0.174. The average Bonchev–Trinajstić information content (AvgIpc) is 2.83. The van der Waals surface area contributed by atoms with E-state index >= 15 is 0 Å². The first kappa shape index (κ1) is 14.4. The van der Waals surface area contributed by atoms with Crippen LogP contribution < -0.4 is 0 Å². The number of aryl methyl sites for hydroxylation is 1. The Kier molecular flexibility index (Phi) is 4.09. The summed E-state index contributed by atoms with van der Waals surface area (Å²) in [6.07, 6.45) is 7.98. The van der Waals surface area contributed by atoms with E-state index in [0.29, 0.717) is 11.9 Å². The van der Waals surface area contributed by atoms with Crippen LogP contribution in [0.15, 0.2) is 0 Å². The Bertz CT molecular complexity index is 479. The van der Waals surface area contributed by atoms with Crippen LogP contribution in [0.2, 0.25) is 0 Å². The van der Waals surface area contributed by atoms with Crippen LogP contribution in [0.5, 0.6) is 0 Å². The van der Waals surface area contributed by atoms with Crippen molar-refractivity contribution in [3.05, 3.63) is 17.0 Å². The lowest BCUT2D eigenvalue weighted by Crippen LogP contribution is -2.46. The minimum Gasteiger partial charge on any atom is -0.375 e. The highest BCUT2D eigenvalue weighted by molar-refractivity contribution is 6.17. The van der Waals surface area contributed by atoms with Crippen LogP contribution in [0.1, 0.15) is 68.9 Å². The van der Waals surface area contributed by atoms with Gasteiger partial charge in [-0.25, -0.2) is 0 Å². The quantitative estimate of drug-likeness (QED) is 0.785. The van der Waals surface area contributed by atoms with Gasteiger partial charge in [-0.15, -0.1) is 11.6 Å². The van der Waals surface area contributed by atoms with Crippen molar-refractivity contribution in [1.82, 2.24) is 9.78 Å². The molecule has 20 heavy (non-hydrogen) atoms. The Labute approximate surface area is 126 Å². The van der Waals surface area contributed by atoms with Crippen LogP contribution in [0, 0.1) is 0 Å². The molecule has 4 heteroatoms. The standard InChI is InChI=1S/C16H25ClN2O/c1-3-14-13(11-17)15(4-2)19(18-14)12-6-9-20-16(10-12)7-5-8-16/h12H,3-11H2,1-2H3. The molecule has 1 aromatic heterocycles. The van der Waals surface area contributed by atoms with Crippen LogP contribution in [-0.2, 0) is 23.5 Å². The molecule has 3 rings (SSSR count). The molecule has 1 unspecified atom stereocenters. The summed E-state index contributed by atoms with van der Waals surface area (Å²) < 4.78 is 8.34. The molecular formula is C16H25ClN2O. The summed E-state index contributed by atoms with van der Waals surface area (Å²) in [7, 11) is 0. The fourth-order valence-corrected chi connectivity index (χ4v) is 4.11. The van der Waals surface area contributed by atoms with Gasteiger partial charge in [0.25, 0.3) is 0 Å². The van der Waals surface area contributed by atoms with E-state index in [1.165, 1.54) is 36.2 Å². The molecular weight excluding hydrogens is 272 g/mol. The third-order valence-corrected chi connectivity index (χ3v) is 5.35. The SMILES string of the molecule is CCc1nn(C2CCOC3(CCC3)C2)c(CC)c1CCl. The lowest BCUT2D eigenvalue weighted by Gasteiger charge is -2.47. The van der Waals surface area contributed by atoms with Crippen molar-refractivity contribution in [3.8, 4) is 0 Å². The number of halogens is 1. The van der Waals surface area contributed by atoms with E-state index in [-0.39, 0.29) is 5.60 Å². The Hall–Kier alpha value is -0.540. The Morgan fingerprint density at radius 2 is 2.15 bits per heavy atom. The summed E-state index contributed by atoms with van der Waals surface area (Å²) in [6.45, 7) is 5.26. The molecule has 0 N–H and O–H groups in total. The maximum absolute atomic E-state index is 6.16. The molecule has 2 heterocycles. The molecule has 112 valence electrons. The van der Waals surface area contributed by atoms with Crippen molar-refractivity contribution in [2.45, 2.75) is 76.3 Å². The third kappa shape index (κ3) is 2.29. The van der Waals surface area contributed by atoms with E-state index in [0.717, 1.165) is 32.3 Å². The highest BCUT2D eigenvalue weighted by Gasteiger charge is 2.43. The van der Waals surface area contributed by atoms with E-state index in [2.05, 4.69) is 18.5 Å². The van der Waals surface area contributed by atoms with Gasteiger partial charge < -0.3 is 4.74 Å². The van der Waals surface area contributed by atoms with Gasteiger partial charge in [0.05, 0.1) is 23.2 Å². The summed E-state index contributed by atoms with van der Waals surface area (Å²) in [5.41, 5.74) is 3.97. The molecule has 1 atom stereocenters. The molecule has 1 aliphatic carbocycles. The molecule has 0 aromatic carbocycles. The first-order valence-electron chi connectivity index (χ1n) is 8.02. The van der Waals surface area contributed by atoms with Gasteiger partial charge in [-0.05, 0) is 44.9 Å². The van der Waals surface area contributed by atoms with E-state index in [9.17, 15) is 0 Å². The van der Waals surface area contributed by atoms with E-state index < -0.39 is 0 Å². The molecule has 1 aliphatic heterocycles. The van der Waals surface area contributed by atoms with Gasteiger partial charge in [0.15, 0.2) is 0 Å². The molecule has 1 saturated carbocycles. The van der Waals surface area contributed by atoms with Gasteiger partial charge in [0.2, 0.25) is 0 Å². The number of aromatic nitrogens is 2. The predicted octanol–water partition coefficient (Wildman–Crippen LogP) is 4.02. The van der Waals surface area contributed by atoms with E-state index in [1.807, 2.05) is 0 Å². The van der Waals surface area contributed by atoms with Crippen molar-refractivity contribution < 1.29 is 4.74 Å². The number of alkyl halides is 1. The van der Waals surface area contributed by atoms with Crippen LogP contribution >= 0.6 is 11.6 Å².